The van der Waals surface area contributed by atoms with Crippen LogP contribution in [0.25, 0.3) is 0 Å². The van der Waals surface area contributed by atoms with Crippen LogP contribution in [0.3, 0.4) is 0 Å². The minimum Gasteiger partial charge on any atom is -0.459 e. The highest BCUT2D eigenvalue weighted by Gasteiger charge is 2.23. The van der Waals surface area contributed by atoms with E-state index < -0.39 is 0 Å². The first-order chi connectivity index (χ1) is 12.0. The van der Waals surface area contributed by atoms with Gasteiger partial charge < -0.3 is 20.0 Å². The van der Waals surface area contributed by atoms with Gasteiger partial charge >= 0.3 is 0 Å². The number of nitrogens with one attached hydrogen (secondary N) is 2. The van der Waals surface area contributed by atoms with Gasteiger partial charge in [0.05, 0.1) is 6.26 Å². The SMILES string of the molecule is CCNC(=NCCCNC(=O)c1occc1C)N1CC(C)CC(C)C1.I. The van der Waals surface area contributed by atoms with E-state index in [1.807, 2.05) is 6.92 Å². The molecule has 0 radical (unpaired) electrons. The highest BCUT2D eigenvalue weighted by molar-refractivity contribution is 14.0. The lowest BCUT2D eigenvalue weighted by atomic mass is 9.92. The second-order valence-electron chi connectivity index (χ2n) is 7.13. The van der Waals surface area contributed by atoms with Crippen molar-refractivity contribution in [1.29, 1.82) is 0 Å². The van der Waals surface area contributed by atoms with E-state index in [1.54, 1.807) is 6.07 Å². The number of piperidine rings is 1. The Morgan fingerprint density at radius 2 is 2.00 bits per heavy atom. The summed E-state index contributed by atoms with van der Waals surface area (Å²) >= 11 is 0. The van der Waals surface area contributed by atoms with Gasteiger partial charge in [-0.1, -0.05) is 13.8 Å². The molecule has 2 rings (SSSR count). The summed E-state index contributed by atoms with van der Waals surface area (Å²) in [6.45, 7) is 12.8. The summed E-state index contributed by atoms with van der Waals surface area (Å²) in [5.74, 6) is 2.63. The van der Waals surface area contributed by atoms with Crippen molar-refractivity contribution in [3.63, 3.8) is 0 Å². The number of hydrogen-bond donors (Lipinski definition) is 2. The number of likely N-dealkylation sites (tertiary alicyclic amines) is 1. The maximum absolute atomic E-state index is 12.0. The molecule has 2 atom stereocenters. The van der Waals surface area contributed by atoms with Crippen LogP contribution in [0, 0.1) is 18.8 Å². The van der Waals surface area contributed by atoms with Crippen molar-refractivity contribution < 1.29 is 9.21 Å². The number of aliphatic imine (C=N–C) groups is 1. The van der Waals surface area contributed by atoms with E-state index in [-0.39, 0.29) is 29.9 Å². The molecule has 148 valence electrons. The number of nitrogens with zero attached hydrogens (tertiary/aromatic N) is 2. The second kappa shape index (κ2) is 11.5. The fourth-order valence-electron chi connectivity index (χ4n) is 3.41. The molecule has 0 bridgehead atoms. The maximum Gasteiger partial charge on any atom is 0.287 e. The number of amides is 1. The first kappa shape index (κ1) is 22.8. The summed E-state index contributed by atoms with van der Waals surface area (Å²) in [6, 6.07) is 1.79. The molecule has 1 aliphatic rings. The van der Waals surface area contributed by atoms with E-state index >= 15 is 0 Å². The molecule has 2 unspecified atom stereocenters. The molecule has 0 spiro atoms. The van der Waals surface area contributed by atoms with Crippen LogP contribution in [0.5, 0.6) is 0 Å². The fraction of sp³-hybridized carbons (Fsp3) is 0.684. The Morgan fingerprint density at radius 1 is 1.31 bits per heavy atom. The zero-order valence-electron chi connectivity index (χ0n) is 16.4. The Labute approximate surface area is 174 Å². The first-order valence-electron chi connectivity index (χ1n) is 9.36. The van der Waals surface area contributed by atoms with Gasteiger partial charge in [-0.25, -0.2) is 0 Å². The summed E-state index contributed by atoms with van der Waals surface area (Å²) in [7, 11) is 0. The van der Waals surface area contributed by atoms with Crippen LogP contribution in [0.4, 0.5) is 0 Å². The van der Waals surface area contributed by atoms with Crippen LogP contribution in [-0.4, -0.2) is 49.5 Å². The first-order valence-corrected chi connectivity index (χ1v) is 9.36. The molecule has 0 aliphatic carbocycles. The van der Waals surface area contributed by atoms with E-state index in [0.717, 1.165) is 37.6 Å². The van der Waals surface area contributed by atoms with Gasteiger partial charge in [-0.3, -0.25) is 9.79 Å². The van der Waals surface area contributed by atoms with Crippen molar-refractivity contribution in [2.24, 2.45) is 16.8 Å². The lowest BCUT2D eigenvalue weighted by Crippen LogP contribution is -2.48. The maximum atomic E-state index is 12.0. The van der Waals surface area contributed by atoms with Gasteiger partial charge in [0.25, 0.3) is 5.91 Å². The minimum atomic E-state index is -0.155. The Morgan fingerprint density at radius 3 is 2.58 bits per heavy atom. The molecule has 1 fully saturated rings. The standard InChI is InChI=1S/C19H32N4O2.HI/c1-5-20-19(23-12-14(2)11-15(3)13-23)22-9-6-8-21-18(24)17-16(4)7-10-25-17;/h7,10,14-15H,5-6,8-9,11-13H2,1-4H3,(H,20,22)(H,21,24);1H. The summed E-state index contributed by atoms with van der Waals surface area (Å²) in [5, 5.41) is 6.29. The van der Waals surface area contributed by atoms with E-state index in [2.05, 4.69) is 36.3 Å². The van der Waals surface area contributed by atoms with Gasteiger partial charge in [0.1, 0.15) is 0 Å². The van der Waals surface area contributed by atoms with Gasteiger partial charge in [-0.2, -0.15) is 0 Å². The summed E-state index contributed by atoms with van der Waals surface area (Å²) in [6.07, 6.45) is 3.63. The molecular formula is C19H33IN4O2. The molecule has 1 aromatic rings. The third-order valence-corrected chi connectivity index (χ3v) is 4.45. The van der Waals surface area contributed by atoms with Crippen LogP contribution in [0.15, 0.2) is 21.7 Å². The van der Waals surface area contributed by atoms with Gasteiger partial charge in [-0.15, -0.1) is 24.0 Å². The van der Waals surface area contributed by atoms with Gasteiger partial charge in [0.2, 0.25) is 0 Å². The van der Waals surface area contributed by atoms with E-state index in [9.17, 15) is 4.79 Å². The summed E-state index contributed by atoms with van der Waals surface area (Å²) < 4.78 is 5.20. The van der Waals surface area contributed by atoms with E-state index in [4.69, 9.17) is 9.41 Å². The van der Waals surface area contributed by atoms with E-state index in [0.29, 0.717) is 30.7 Å². The zero-order chi connectivity index (χ0) is 18.2. The van der Waals surface area contributed by atoms with Crippen LogP contribution < -0.4 is 10.6 Å². The van der Waals surface area contributed by atoms with Gasteiger partial charge in [-0.05, 0) is 44.6 Å². The number of carbonyl (C=O) groups is 1. The van der Waals surface area contributed by atoms with Crippen molar-refractivity contribution in [2.45, 2.75) is 40.5 Å². The molecule has 1 aromatic heterocycles. The predicted octanol–water partition coefficient (Wildman–Crippen LogP) is 3.27. The highest BCUT2D eigenvalue weighted by Crippen LogP contribution is 2.20. The van der Waals surface area contributed by atoms with Crippen LogP contribution in [0.2, 0.25) is 0 Å². The molecule has 1 aliphatic heterocycles. The Balaban J connectivity index is 0.00000338. The molecule has 0 aromatic carbocycles. The Kier molecular flexibility index (Phi) is 10.0. The quantitative estimate of drug-likeness (QED) is 0.286. The van der Waals surface area contributed by atoms with Crippen molar-refractivity contribution in [2.75, 3.05) is 32.7 Å². The third kappa shape index (κ3) is 6.81. The van der Waals surface area contributed by atoms with E-state index in [1.165, 1.54) is 12.7 Å². The second-order valence-corrected chi connectivity index (χ2v) is 7.13. The number of halogens is 1. The lowest BCUT2D eigenvalue weighted by molar-refractivity contribution is 0.0925. The number of carbonyl (C=O) groups excluding carboxylic acids is 1. The molecule has 26 heavy (non-hydrogen) atoms. The predicted molar refractivity (Wildman–Crippen MR) is 116 cm³/mol. The molecule has 1 amide bonds. The highest BCUT2D eigenvalue weighted by atomic mass is 127. The van der Waals surface area contributed by atoms with Crippen molar-refractivity contribution in [1.82, 2.24) is 15.5 Å². The molecule has 7 heteroatoms. The normalized spacial score (nSPS) is 20.5. The fourth-order valence-corrected chi connectivity index (χ4v) is 3.41. The number of hydrogen-bond acceptors (Lipinski definition) is 3. The number of aryl methyl sites for hydroxylation is 1. The van der Waals surface area contributed by atoms with Crippen LogP contribution in [0.1, 0.15) is 49.7 Å². The van der Waals surface area contributed by atoms with Gasteiger partial charge in [0, 0.05) is 38.3 Å². The van der Waals surface area contributed by atoms with Crippen molar-refractivity contribution in [3.8, 4) is 0 Å². The van der Waals surface area contributed by atoms with Gasteiger partial charge in [0.15, 0.2) is 11.7 Å². The monoisotopic (exact) mass is 476 g/mol. The van der Waals surface area contributed by atoms with Crippen LogP contribution >= 0.6 is 24.0 Å². The van der Waals surface area contributed by atoms with Crippen molar-refractivity contribution in [3.05, 3.63) is 23.7 Å². The number of rotatable bonds is 6. The largest absolute Gasteiger partial charge is 0.459 e. The zero-order valence-corrected chi connectivity index (χ0v) is 18.7. The number of furan rings is 1. The van der Waals surface area contributed by atoms with Crippen molar-refractivity contribution >= 4 is 35.8 Å². The average molecular weight is 476 g/mol. The Bertz CT molecular complexity index is 578. The molecule has 2 heterocycles. The molecule has 0 saturated carbocycles. The molecular weight excluding hydrogens is 443 g/mol. The Hall–Kier alpha value is -1.25. The average Bonchev–Trinajstić information content (AvgIpc) is 2.98. The molecule has 1 saturated heterocycles. The topological polar surface area (TPSA) is 69.9 Å². The minimum absolute atomic E-state index is 0. The molecule has 6 nitrogen and oxygen atoms in total. The summed E-state index contributed by atoms with van der Waals surface area (Å²) in [4.78, 5) is 19.1. The van der Waals surface area contributed by atoms with Crippen LogP contribution in [-0.2, 0) is 0 Å². The molecule has 2 N–H and O–H groups in total. The third-order valence-electron chi connectivity index (χ3n) is 4.45. The smallest absolute Gasteiger partial charge is 0.287 e. The summed E-state index contributed by atoms with van der Waals surface area (Å²) in [5.41, 5.74) is 0.860. The number of guanidine groups is 1. The lowest BCUT2D eigenvalue weighted by Gasteiger charge is -2.37.